The summed E-state index contributed by atoms with van der Waals surface area (Å²) < 4.78 is 2.22. The zero-order chi connectivity index (χ0) is 12.5. The molecular weight excluding hydrogens is 246 g/mol. The number of rotatable bonds is 4. The van der Waals surface area contributed by atoms with E-state index in [1.807, 2.05) is 6.07 Å². The SMILES string of the molecule is Cc1nc2scc(C)n2c1CNCc1ccn[nH]1. The second-order valence-electron chi connectivity index (χ2n) is 4.32. The molecule has 3 aromatic rings. The van der Waals surface area contributed by atoms with Crippen LogP contribution in [0.15, 0.2) is 17.6 Å². The molecule has 0 aliphatic heterocycles. The number of thiazole rings is 1. The van der Waals surface area contributed by atoms with Gasteiger partial charge in [-0.3, -0.25) is 9.50 Å². The minimum absolute atomic E-state index is 0.788. The second kappa shape index (κ2) is 4.55. The molecule has 3 rings (SSSR count). The molecule has 0 saturated carbocycles. The van der Waals surface area contributed by atoms with Gasteiger partial charge in [-0.1, -0.05) is 0 Å². The number of imidazole rings is 1. The number of aromatic amines is 1. The number of fused-ring (bicyclic) bond motifs is 1. The number of nitrogens with zero attached hydrogens (tertiary/aromatic N) is 3. The molecule has 0 atom stereocenters. The van der Waals surface area contributed by atoms with E-state index in [4.69, 9.17) is 0 Å². The molecule has 0 saturated heterocycles. The lowest BCUT2D eigenvalue weighted by Gasteiger charge is -2.04. The Morgan fingerprint density at radius 1 is 1.39 bits per heavy atom. The number of aromatic nitrogens is 4. The van der Waals surface area contributed by atoms with Crippen molar-refractivity contribution in [2.75, 3.05) is 0 Å². The van der Waals surface area contributed by atoms with Gasteiger partial charge in [-0.2, -0.15) is 5.10 Å². The highest BCUT2D eigenvalue weighted by Crippen LogP contribution is 2.20. The van der Waals surface area contributed by atoms with Gasteiger partial charge in [-0.25, -0.2) is 4.98 Å². The van der Waals surface area contributed by atoms with Crippen molar-refractivity contribution in [3.8, 4) is 0 Å². The summed E-state index contributed by atoms with van der Waals surface area (Å²) in [6, 6.07) is 1.97. The van der Waals surface area contributed by atoms with Crippen LogP contribution < -0.4 is 5.32 Å². The van der Waals surface area contributed by atoms with Crippen LogP contribution in [0.25, 0.3) is 4.96 Å². The van der Waals surface area contributed by atoms with E-state index in [1.165, 1.54) is 11.4 Å². The lowest BCUT2D eigenvalue weighted by Crippen LogP contribution is -2.15. The van der Waals surface area contributed by atoms with Crippen LogP contribution in [0.1, 0.15) is 22.8 Å². The van der Waals surface area contributed by atoms with Gasteiger partial charge in [-0.05, 0) is 19.9 Å². The minimum Gasteiger partial charge on any atom is -0.306 e. The maximum atomic E-state index is 4.57. The van der Waals surface area contributed by atoms with Crippen LogP contribution in [0.4, 0.5) is 0 Å². The third-order valence-electron chi connectivity index (χ3n) is 3.00. The van der Waals surface area contributed by atoms with E-state index in [9.17, 15) is 0 Å². The summed E-state index contributed by atoms with van der Waals surface area (Å²) in [4.78, 5) is 5.64. The second-order valence-corrected chi connectivity index (χ2v) is 5.16. The summed E-state index contributed by atoms with van der Waals surface area (Å²) >= 11 is 1.69. The van der Waals surface area contributed by atoms with Gasteiger partial charge in [0.05, 0.1) is 11.4 Å². The predicted octanol–water partition coefficient (Wildman–Crippen LogP) is 2.03. The molecule has 5 nitrogen and oxygen atoms in total. The van der Waals surface area contributed by atoms with Crippen molar-refractivity contribution in [3.63, 3.8) is 0 Å². The highest BCUT2D eigenvalue weighted by Gasteiger charge is 2.11. The van der Waals surface area contributed by atoms with E-state index in [-0.39, 0.29) is 0 Å². The normalized spacial score (nSPS) is 11.4. The van der Waals surface area contributed by atoms with Crippen LogP contribution >= 0.6 is 11.3 Å². The average molecular weight is 261 g/mol. The van der Waals surface area contributed by atoms with Crippen molar-refractivity contribution in [1.82, 2.24) is 24.9 Å². The highest BCUT2D eigenvalue weighted by molar-refractivity contribution is 7.15. The van der Waals surface area contributed by atoms with E-state index in [2.05, 4.69) is 44.1 Å². The molecule has 3 aromatic heterocycles. The summed E-state index contributed by atoms with van der Waals surface area (Å²) in [6.07, 6.45) is 1.77. The first-order valence-corrected chi connectivity index (χ1v) is 6.74. The number of hydrogen-bond acceptors (Lipinski definition) is 4. The summed E-state index contributed by atoms with van der Waals surface area (Å²) in [6.45, 7) is 5.77. The lowest BCUT2D eigenvalue weighted by molar-refractivity contribution is 0.657. The van der Waals surface area contributed by atoms with Crippen molar-refractivity contribution < 1.29 is 0 Å². The molecule has 18 heavy (non-hydrogen) atoms. The monoisotopic (exact) mass is 261 g/mol. The van der Waals surface area contributed by atoms with Crippen molar-refractivity contribution in [3.05, 3.63) is 40.4 Å². The van der Waals surface area contributed by atoms with Gasteiger partial charge in [0, 0.05) is 36.1 Å². The smallest absolute Gasteiger partial charge is 0.194 e. The maximum Gasteiger partial charge on any atom is 0.194 e. The number of nitrogens with one attached hydrogen (secondary N) is 2. The average Bonchev–Trinajstić information content (AvgIpc) is 3.02. The fraction of sp³-hybridized carbons (Fsp3) is 0.333. The van der Waals surface area contributed by atoms with Gasteiger partial charge in [0.15, 0.2) is 4.96 Å². The first-order chi connectivity index (χ1) is 8.75. The van der Waals surface area contributed by atoms with Crippen LogP contribution in [0, 0.1) is 13.8 Å². The largest absolute Gasteiger partial charge is 0.306 e. The highest BCUT2D eigenvalue weighted by atomic mass is 32.1. The Kier molecular flexibility index (Phi) is 2.89. The first-order valence-electron chi connectivity index (χ1n) is 5.86. The third-order valence-corrected chi connectivity index (χ3v) is 3.94. The van der Waals surface area contributed by atoms with Gasteiger partial charge >= 0.3 is 0 Å². The van der Waals surface area contributed by atoms with Crippen LogP contribution in [-0.4, -0.2) is 19.6 Å². The molecule has 6 heteroatoms. The molecular formula is C12H15N5S. The first kappa shape index (κ1) is 11.4. The Balaban J connectivity index is 1.77. The Labute approximate surface area is 109 Å². The van der Waals surface area contributed by atoms with Crippen LogP contribution in [0.2, 0.25) is 0 Å². The summed E-state index contributed by atoms with van der Waals surface area (Å²) in [5.74, 6) is 0. The molecule has 2 N–H and O–H groups in total. The minimum atomic E-state index is 0.788. The Bertz CT molecular complexity index is 649. The van der Waals surface area contributed by atoms with Gasteiger partial charge in [0.2, 0.25) is 0 Å². The van der Waals surface area contributed by atoms with Crippen molar-refractivity contribution in [2.24, 2.45) is 0 Å². The van der Waals surface area contributed by atoms with E-state index >= 15 is 0 Å². The molecule has 3 heterocycles. The molecule has 0 spiro atoms. The molecule has 0 aliphatic carbocycles. The Morgan fingerprint density at radius 3 is 3.06 bits per heavy atom. The molecule has 0 amide bonds. The Hall–Kier alpha value is -1.66. The van der Waals surface area contributed by atoms with E-state index < -0.39 is 0 Å². The van der Waals surface area contributed by atoms with Crippen LogP contribution in [0.5, 0.6) is 0 Å². The zero-order valence-corrected chi connectivity index (χ0v) is 11.2. The quantitative estimate of drug-likeness (QED) is 0.755. The standard InChI is InChI=1S/C12H15N5S/c1-8-7-18-12-15-9(2)11(17(8)12)6-13-5-10-3-4-14-16-10/h3-4,7,13H,5-6H2,1-2H3,(H,14,16). The van der Waals surface area contributed by atoms with Crippen molar-refractivity contribution in [2.45, 2.75) is 26.9 Å². The van der Waals surface area contributed by atoms with E-state index in [0.29, 0.717) is 0 Å². The topological polar surface area (TPSA) is 58.0 Å². The fourth-order valence-corrected chi connectivity index (χ4v) is 3.01. The molecule has 0 aliphatic rings. The molecule has 0 bridgehead atoms. The number of aryl methyl sites for hydroxylation is 2. The molecule has 0 radical (unpaired) electrons. The molecule has 0 aromatic carbocycles. The van der Waals surface area contributed by atoms with Gasteiger partial charge in [0.1, 0.15) is 0 Å². The summed E-state index contributed by atoms with van der Waals surface area (Å²) in [7, 11) is 0. The predicted molar refractivity (Wildman–Crippen MR) is 71.7 cm³/mol. The van der Waals surface area contributed by atoms with Gasteiger partial charge in [0.25, 0.3) is 0 Å². The van der Waals surface area contributed by atoms with E-state index in [0.717, 1.165) is 29.4 Å². The lowest BCUT2D eigenvalue weighted by atomic mass is 10.3. The van der Waals surface area contributed by atoms with Gasteiger partial charge in [-0.15, -0.1) is 11.3 Å². The van der Waals surface area contributed by atoms with Crippen molar-refractivity contribution in [1.29, 1.82) is 0 Å². The van der Waals surface area contributed by atoms with Gasteiger partial charge < -0.3 is 5.32 Å². The molecule has 94 valence electrons. The molecule has 0 unspecified atom stereocenters. The summed E-state index contributed by atoms with van der Waals surface area (Å²) in [5, 5.41) is 12.4. The fourth-order valence-electron chi connectivity index (χ4n) is 2.07. The van der Waals surface area contributed by atoms with Crippen LogP contribution in [-0.2, 0) is 13.1 Å². The summed E-state index contributed by atoms with van der Waals surface area (Å²) in [5.41, 5.74) is 4.68. The van der Waals surface area contributed by atoms with Crippen LogP contribution in [0.3, 0.4) is 0 Å². The molecule has 0 fully saturated rings. The van der Waals surface area contributed by atoms with E-state index in [1.54, 1.807) is 17.5 Å². The number of H-pyrrole nitrogens is 1. The Morgan fingerprint density at radius 2 is 2.28 bits per heavy atom. The maximum absolute atomic E-state index is 4.57. The third kappa shape index (κ3) is 1.93. The number of hydrogen-bond donors (Lipinski definition) is 2. The zero-order valence-electron chi connectivity index (χ0n) is 10.4. The van der Waals surface area contributed by atoms with Crippen molar-refractivity contribution >= 4 is 16.3 Å².